The molecule has 120 valence electrons. The lowest BCUT2D eigenvalue weighted by atomic mass is 9.80. The molecule has 6 heteroatoms. The molecule has 2 rings (SSSR count). The summed E-state index contributed by atoms with van der Waals surface area (Å²) in [6.45, 7) is 4.93. The van der Waals surface area contributed by atoms with Gasteiger partial charge >= 0.3 is 5.97 Å². The maximum absolute atomic E-state index is 12.8. The zero-order chi connectivity index (χ0) is 15.3. The van der Waals surface area contributed by atoms with Crippen molar-refractivity contribution >= 4 is 11.9 Å². The molecule has 1 atom stereocenters. The molecule has 2 aliphatic heterocycles. The minimum Gasteiger partial charge on any atom is -0.480 e. The standard InChI is InChI=1S/C15H26N2O4/c1-2-5-15(6-7-16-11-15)14(20)17-8-3-12(4-9-17)21-10-13(18)19/h12,16H,2-11H2,1H3,(H,18,19). The van der Waals surface area contributed by atoms with E-state index in [-0.39, 0.29) is 24.0 Å². The van der Waals surface area contributed by atoms with Gasteiger partial charge in [0.25, 0.3) is 0 Å². The number of aliphatic carboxylic acids is 1. The van der Waals surface area contributed by atoms with Crippen molar-refractivity contribution < 1.29 is 19.4 Å². The van der Waals surface area contributed by atoms with Gasteiger partial charge in [-0.3, -0.25) is 4.79 Å². The molecule has 6 nitrogen and oxygen atoms in total. The van der Waals surface area contributed by atoms with E-state index in [2.05, 4.69) is 12.2 Å². The number of hydrogen-bond donors (Lipinski definition) is 2. The summed E-state index contributed by atoms with van der Waals surface area (Å²) in [6.07, 6.45) is 4.31. The van der Waals surface area contributed by atoms with Gasteiger partial charge in [-0.15, -0.1) is 0 Å². The van der Waals surface area contributed by atoms with Gasteiger partial charge in [0.05, 0.1) is 11.5 Å². The number of ether oxygens (including phenoxy) is 1. The molecular weight excluding hydrogens is 272 g/mol. The summed E-state index contributed by atoms with van der Waals surface area (Å²) in [5.74, 6) is -0.668. The monoisotopic (exact) mass is 298 g/mol. The molecule has 2 fully saturated rings. The van der Waals surface area contributed by atoms with E-state index in [1.54, 1.807) is 0 Å². The van der Waals surface area contributed by atoms with E-state index < -0.39 is 5.97 Å². The number of carboxylic acid groups (broad SMARTS) is 1. The number of carbonyl (C=O) groups is 2. The number of carboxylic acids is 1. The van der Waals surface area contributed by atoms with Crippen molar-refractivity contribution in [3.05, 3.63) is 0 Å². The zero-order valence-corrected chi connectivity index (χ0v) is 12.8. The van der Waals surface area contributed by atoms with Crippen LogP contribution in [-0.2, 0) is 14.3 Å². The fraction of sp³-hybridized carbons (Fsp3) is 0.867. The first-order valence-electron chi connectivity index (χ1n) is 7.91. The van der Waals surface area contributed by atoms with Crippen molar-refractivity contribution in [2.75, 3.05) is 32.8 Å². The van der Waals surface area contributed by atoms with Gasteiger partial charge in [-0.1, -0.05) is 13.3 Å². The van der Waals surface area contributed by atoms with Crippen LogP contribution in [0.1, 0.15) is 39.0 Å². The van der Waals surface area contributed by atoms with E-state index >= 15 is 0 Å². The third kappa shape index (κ3) is 3.95. The number of rotatable bonds is 6. The Morgan fingerprint density at radius 1 is 1.38 bits per heavy atom. The van der Waals surface area contributed by atoms with Crippen LogP contribution in [0, 0.1) is 5.41 Å². The molecule has 0 spiro atoms. The second kappa shape index (κ2) is 7.22. The van der Waals surface area contributed by atoms with Crippen molar-refractivity contribution in [1.82, 2.24) is 10.2 Å². The molecule has 0 bridgehead atoms. The van der Waals surface area contributed by atoms with Crippen LogP contribution >= 0.6 is 0 Å². The third-order valence-corrected chi connectivity index (χ3v) is 4.60. The first-order valence-corrected chi connectivity index (χ1v) is 7.91. The fourth-order valence-electron chi connectivity index (χ4n) is 3.48. The van der Waals surface area contributed by atoms with Crippen LogP contribution < -0.4 is 5.32 Å². The summed E-state index contributed by atoms with van der Waals surface area (Å²) in [4.78, 5) is 25.3. The highest BCUT2D eigenvalue weighted by molar-refractivity contribution is 5.83. The van der Waals surface area contributed by atoms with Gasteiger partial charge in [0, 0.05) is 19.6 Å². The summed E-state index contributed by atoms with van der Waals surface area (Å²) >= 11 is 0. The molecule has 0 aromatic carbocycles. The lowest BCUT2D eigenvalue weighted by molar-refractivity contribution is -0.149. The first-order chi connectivity index (χ1) is 10.1. The van der Waals surface area contributed by atoms with E-state index in [0.717, 1.165) is 45.2 Å². The number of nitrogens with one attached hydrogen (secondary N) is 1. The van der Waals surface area contributed by atoms with Crippen molar-refractivity contribution in [3.8, 4) is 0 Å². The molecule has 1 unspecified atom stereocenters. The Hall–Kier alpha value is -1.14. The average molecular weight is 298 g/mol. The number of nitrogens with zero attached hydrogens (tertiary/aromatic N) is 1. The number of hydrogen-bond acceptors (Lipinski definition) is 4. The van der Waals surface area contributed by atoms with Gasteiger partial charge in [0.1, 0.15) is 6.61 Å². The van der Waals surface area contributed by atoms with Gasteiger partial charge in [-0.2, -0.15) is 0 Å². The van der Waals surface area contributed by atoms with E-state index in [4.69, 9.17) is 9.84 Å². The van der Waals surface area contributed by atoms with E-state index in [9.17, 15) is 9.59 Å². The molecule has 0 saturated carbocycles. The summed E-state index contributed by atoms with van der Waals surface area (Å²) in [7, 11) is 0. The highest BCUT2D eigenvalue weighted by atomic mass is 16.5. The molecule has 21 heavy (non-hydrogen) atoms. The molecule has 1 amide bonds. The van der Waals surface area contributed by atoms with Gasteiger partial charge < -0.3 is 20.1 Å². The zero-order valence-electron chi connectivity index (χ0n) is 12.8. The smallest absolute Gasteiger partial charge is 0.329 e. The normalized spacial score (nSPS) is 27.0. The highest BCUT2D eigenvalue weighted by Crippen LogP contribution is 2.34. The summed E-state index contributed by atoms with van der Waals surface area (Å²) in [6, 6.07) is 0. The van der Waals surface area contributed by atoms with Crippen LogP contribution in [0.3, 0.4) is 0 Å². The molecule has 0 aliphatic carbocycles. The second-order valence-electron chi connectivity index (χ2n) is 6.15. The van der Waals surface area contributed by atoms with Crippen molar-refractivity contribution in [2.45, 2.75) is 45.1 Å². The number of carbonyl (C=O) groups excluding carboxylic acids is 1. The number of piperidine rings is 1. The second-order valence-corrected chi connectivity index (χ2v) is 6.15. The maximum Gasteiger partial charge on any atom is 0.329 e. The van der Waals surface area contributed by atoms with Crippen LogP contribution in [0.2, 0.25) is 0 Å². The molecule has 2 saturated heterocycles. The van der Waals surface area contributed by atoms with E-state index in [1.807, 2.05) is 4.90 Å². The average Bonchev–Trinajstić information content (AvgIpc) is 2.95. The summed E-state index contributed by atoms with van der Waals surface area (Å²) in [5.41, 5.74) is -0.219. The van der Waals surface area contributed by atoms with Crippen LogP contribution in [0.15, 0.2) is 0 Å². The van der Waals surface area contributed by atoms with Crippen LogP contribution in [0.25, 0.3) is 0 Å². The molecule has 2 aliphatic rings. The third-order valence-electron chi connectivity index (χ3n) is 4.60. The van der Waals surface area contributed by atoms with Gasteiger partial charge in [-0.25, -0.2) is 4.79 Å². The predicted octanol–water partition coefficient (Wildman–Crippen LogP) is 0.858. The van der Waals surface area contributed by atoms with Crippen LogP contribution in [-0.4, -0.2) is 60.8 Å². The lowest BCUT2D eigenvalue weighted by Crippen LogP contribution is -2.49. The maximum atomic E-state index is 12.8. The summed E-state index contributed by atoms with van der Waals surface area (Å²) in [5, 5.41) is 11.9. The molecule has 2 heterocycles. The fourth-order valence-corrected chi connectivity index (χ4v) is 3.48. The van der Waals surface area contributed by atoms with Crippen molar-refractivity contribution in [1.29, 1.82) is 0 Å². The summed E-state index contributed by atoms with van der Waals surface area (Å²) < 4.78 is 5.32. The Morgan fingerprint density at radius 2 is 2.10 bits per heavy atom. The first kappa shape index (κ1) is 16.2. The molecule has 0 aromatic heterocycles. The quantitative estimate of drug-likeness (QED) is 0.760. The van der Waals surface area contributed by atoms with Crippen molar-refractivity contribution in [3.63, 3.8) is 0 Å². The van der Waals surface area contributed by atoms with Crippen LogP contribution in [0.5, 0.6) is 0 Å². The number of amides is 1. The van der Waals surface area contributed by atoms with E-state index in [1.165, 1.54) is 0 Å². The Balaban J connectivity index is 1.86. The number of likely N-dealkylation sites (tertiary alicyclic amines) is 1. The molecular formula is C15H26N2O4. The van der Waals surface area contributed by atoms with Gasteiger partial charge in [0.2, 0.25) is 5.91 Å². The highest BCUT2D eigenvalue weighted by Gasteiger charge is 2.43. The molecule has 0 aromatic rings. The topological polar surface area (TPSA) is 78.9 Å². The van der Waals surface area contributed by atoms with Crippen LogP contribution in [0.4, 0.5) is 0 Å². The van der Waals surface area contributed by atoms with Crippen molar-refractivity contribution in [2.24, 2.45) is 5.41 Å². The molecule has 0 radical (unpaired) electrons. The van der Waals surface area contributed by atoms with Gasteiger partial charge in [-0.05, 0) is 32.2 Å². The largest absolute Gasteiger partial charge is 0.480 e. The SMILES string of the molecule is CCCC1(C(=O)N2CCC(OCC(=O)O)CC2)CCNC1. The van der Waals surface area contributed by atoms with E-state index in [0.29, 0.717) is 13.1 Å². The Morgan fingerprint density at radius 3 is 2.62 bits per heavy atom. The predicted molar refractivity (Wildman–Crippen MR) is 78.0 cm³/mol. The minimum atomic E-state index is -0.938. The minimum absolute atomic E-state index is 0.0334. The Labute approximate surface area is 125 Å². The molecule has 2 N–H and O–H groups in total. The Kier molecular flexibility index (Phi) is 5.58. The Bertz CT molecular complexity index is 372. The lowest BCUT2D eigenvalue weighted by Gasteiger charge is -2.38. The van der Waals surface area contributed by atoms with Gasteiger partial charge in [0.15, 0.2) is 0 Å².